The largest absolute Gasteiger partial charge is 0.481 e. The lowest BCUT2D eigenvalue weighted by Crippen LogP contribution is -2.28. The van der Waals surface area contributed by atoms with Crippen LogP contribution in [0.15, 0.2) is 6.07 Å². The predicted molar refractivity (Wildman–Crippen MR) is 67.6 cm³/mol. The maximum absolute atomic E-state index is 10.7. The SMILES string of the molecule is O=C(O)Cc1cc(N(CC2CC2)CC2CC2)n[nH]1. The van der Waals surface area contributed by atoms with Crippen molar-refractivity contribution in [3.05, 3.63) is 11.8 Å². The van der Waals surface area contributed by atoms with Gasteiger partial charge in [0.2, 0.25) is 0 Å². The summed E-state index contributed by atoms with van der Waals surface area (Å²) in [5, 5.41) is 15.9. The molecule has 98 valence electrons. The van der Waals surface area contributed by atoms with Gasteiger partial charge in [0.05, 0.1) is 6.42 Å². The first-order chi connectivity index (χ1) is 8.70. The first-order valence-corrected chi connectivity index (χ1v) is 6.71. The third-order valence-electron chi connectivity index (χ3n) is 3.63. The smallest absolute Gasteiger partial charge is 0.309 e. The predicted octanol–water partition coefficient (Wildman–Crippen LogP) is 1.66. The van der Waals surface area contributed by atoms with Crippen LogP contribution in [0, 0.1) is 11.8 Å². The average molecular weight is 249 g/mol. The van der Waals surface area contributed by atoms with E-state index in [0.717, 1.165) is 30.7 Å². The van der Waals surface area contributed by atoms with Gasteiger partial charge in [-0.2, -0.15) is 5.10 Å². The van der Waals surface area contributed by atoms with Crippen LogP contribution in [0.5, 0.6) is 0 Å². The molecule has 2 fully saturated rings. The van der Waals surface area contributed by atoms with E-state index in [-0.39, 0.29) is 6.42 Å². The second-order valence-corrected chi connectivity index (χ2v) is 5.61. The molecule has 0 unspecified atom stereocenters. The summed E-state index contributed by atoms with van der Waals surface area (Å²) < 4.78 is 0. The third-order valence-corrected chi connectivity index (χ3v) is 3.63. The van der Waals surface area contributed by atoms with Gasteiger partial charge in [0, 0.05) is 24.8 Å². The molecule has 1 heterocycles. The van der Waals surface area contributed by atoms with Crippen LogP contribution < -0.4 is 4.90 Å². The molecule has 2 saturated carbocycles. The second-order valence-electron chi connectivity index (χ2n) is 5.61. The molecule has 1 aromatic rings. The van der Waals surface area contributed by atoms with E-state index in [9.17, 15) is 4.79 Å². The molecule has 2 N–H and O–H groups in total. The van der Waals surface area contributed by atoms with Crippen LogP contribution in [0.1, 0.15) is 31.4 Å². The summed E-state index contributed by atoms with van der Waals surface area (Å²) in [4.78, 5) is 13.0. The summed E-state index contributed by atoms with van der Waals surface area (Å²) in [5.41, 5.74) is 0.689. The highest BCUT2D eigenvalue weighted by Crippen LogP contribution is 2.35. The first kappa shape index (κ1) is 11.6. The molecular weight excluding hydrogens is 230 g/mol. The monoisotopic (exact) mass is 249 g/mol. The van der Waals surface area contributed by atoms with Crippen molar-refractivity contribution < 1.29 is 9.90 Å². The van der Waals surface area contributed by atoms with Crippen molar-refractivity contribution in [1.82, 2.24) is 10.2 Å². The molecule has 0 atom stereocenters. The van der Waals surface area contributed by atoms with Crippen molar-refractivity contribution in [1.29, 1.82) is 0 Å². The fourth-order valence-corrected chi connectivity index (χ4v) is 2.25. The topological polar surface area (TPSA) is 69.2 Å². The maximum Gasteiger partial charge on any atom is 0.309 e. The van der Waals surface area contributed by atoms with Crippen LogP contribution in [0.2, 0.25) is 0 Å². The Kier molecular flexibility index (Phi) is 2.97. The molecule has 0 amide bonds. The van der Waals surface area contributed by atoms with E-state index in [1.165, 1.54) is 25.7 Å². The van der Waals surface area contributed by atoms with Gasteiger partial charge in [-0.25, -0.2) is 0 Å². The summed E-state index contributed by atoms with van der Waals surface area (Å²) in [6.07, 6.45) is 5.33. The van der Waals surface area contributed by atoms with Gasteiger partial charge in [-0.05, 0) is 37.5 Å². The molecule has 0 aliphatic heterocycles. The molecule has 0 radical (unpaired) electrons. The Morgan fingerprint density at radius 1 is 1.33 bits per heavy atom. The molecule has 5 heteroatoms. The normalized spacial score (nSPS) is 18.9. The Bertz CT molecular complexity index is 421. The van der Waals surface area contributed by atoms with E-state index in [0.29, 0.717) is 5.69 Å². The number of carbonyl (C=O) groups is 1. The molecule has 0 aromatic carbocycles. The van der Waals surface area contributed by atoms with Crippen molar-refractivity contribution >= 4 is 11.8 Å². The Hall–Kier alpha value is -1.52. The van der Waals surface area contributed by atoms with Crippen LogP contribution >= 0.6 is 0 Å². The van der Waals surface area contributed by atoms with E-state index in [1.807, 2.05) is 6.07 Å². The summed E-state index contributed by atoms with van der Waals surface area (Å²) in [6.45, 7) is 2.15. The molecular formula is C13H19N3O2. The zero-order chi connectivity index (χ0) is 12.5. The van der Waals surface area contributed by atoms with E-state index in [4.69, 9.17) is 5.11 Å². The zero-order valence-electron chi connectivity index (χ0n) is 10.4. The van der Waals surface area contributed by atoms with Crippen LogP contribution in [-0.2, 0) is 11.2 Å². The number of nitrogens with one attached hydrogen (secondary N) is 1. The minimum absolute atomic E-state index is 0.0215. The van der Waals surface area contributed by atoms with Gasteiger partial charge in [0.15, 0.2) is 5.82 Å². The van der Waals surface area contributed by atoms with Crippen molar-refractivity contribution in [3.63, 3.8) is 0 Å². The lowest BCUT2D eigenvalue weighted by atomic mass is 10.2. The molecule has 1 aromatic heterocycles. The number of aromatic nitrogens is 2. The summed E-state index contributed by atoms with van der Waals surface area (Å²) in [7, 11) is 0. The number of rotatable bonds is 7. The number of anilines is 1. The number of aliphatic carboxylic acids is 1. The number of hydrogen-bond donors (Lipinski definition) is 2. The maximum atomic E-state index is 10.7. The minimum atomic E-state index is -0.818. The van der Waals surface area contributed by atoms with Crippen LogP contribution in [-0.4, -0.2) is 34.4 Å². The third kappa shape index (κ3) is 3.03. The fourth-order valence-electron chi connectivity index (χ4n) is 2.25. The highest BCUT2D eigenvalue weighted by molar-refractivity contribution is 5.69. The van der Waals surface area contributed by atoms with Crippen molar-refractivity contribution in [2.45, 2.75) is 32.1 Å². The quantitative estimate of drug-likeness (QED) is 0.771. The zero-order valence-corrected chi connectivity index (χ0v) is 10.4. The van der Waals surface area contributed by atoms with Gasteiger partial charge < -0.3 is 10.0 Å². The van der Waals surface area contributed by atoms with E-state index in [1.54, 1.807) is 0 Å². The Labute approximate surface area is 106 Å². The van der Waals surface area contributed by atoms with Gasteiger partial charge in [-0.15, -0.1) is 0 Å². The Morgan fingerprint density at radius 3 is 2.44 bits per heavy atom. The molecule has 0 spiro atoms. The molecule has 0 bridgehead atoms. The highest BCUT2D eigenvalue weighted by atomic mass is 16.4. The van der Waals surface area contributed by atoms with Gasteiger partial charge in [0.25, 0.3) is 0 Å². The lowest BCUT2D eigenvalue weighted by molar-refractivity contribution is -0.136. The van der Waals surface area contributed by atoms with Crippen molar-refractivity contribution in [3.8, 4) is 0 Å². The summed E-state index contributed by atoms with van der Waals surface area (Å²) >= 11 is 0. The van der Waals surface area contributed by atoms with Crippen LogP contribution in [0.4, 0.5) is 5.82 Å². The molecule has 2 aliphatic rings. The van der Waals surface area contributed by atoms with E-state index >= 15 is 0 Å². The number of carboxylic acid groups (broad SMARTS) is 1. The van der Waals surface area contributed by atoms with Crippen LogP contribution in [0.25, 0.3) is 0 Å². The minimum Gasteiger partial charge on any atom is -0.481 e. The van der Waals surface area contributed by atoms with E-state index < -0.39 is 5.97 Å². The number of nitrogens with zero attached hydrogens (tertiary/aromatic N) is 2. The van der Waals surface area contributed by atoms with Crippen molar-refractivity contribution in [2.24, 2.45) is 11.8 Å². The molecule has 2 aliphatic carbocycles. The first-order valence-electron chi connectivity index (χ1n) is 6.71. The summed E-state index contributed by atoms with van der Waals surface area (Å²) in [5.74, 6) is 1.75. The van der Waals surface area contributed by atoms with Gasteiger partial charge in [-0.3, -0.25) is 9.89 Å². The number of carboxylic acids is 1. The van der Waals surface area contributed by atoms with Crippen LogP contribution in [0.3, 0.4) is 0 Å². The number of H-pyrrole nitrogens is 1. The molecule has 18 heavy (non-hydrogen) atoms. The lowest BCUT2D eigenvalue weighted by Gasteiger charge is -2.21. The van der Waals surface area contributed by atoms with Gasteiger partial charge in [-0.1, -0.05) is 0 Å². The fraction of sp³-hybridized carbons (Fsp3) is 0.692. The second kappa shape index (κ2) is 4.63. The standard InChI is InChI=1S/C13H19N3O2/c17-13(18)6-11-5-12(15-14-11)16(7-9-1-2-9)8-10-3-4-10/h5,9-10H,1-4,6-8H2,(H,14,15)(H,17,18). The summed E-state index contributed by atoms with van der Waals surface area (Å²) in [6, 6.07) is 1.89. The number of hydrogen-bond acceptors (Lipinski definition) is 3. The Balaban J connectivity index is 1.66. The highest BCUT2D eigenvalue weighted by Gasteiger charge is 2.30. The molecule has 3 rings (SSSR count). The molecule has 5 nitrogen and oxygen atoms in total. The Morgan fingerprint density at radius 2 is 1.94 bits per heavy atom. The molecule has 0 saturated heterocycles. The van der Waals surface area contributed by atoms with Gasteiger partial charge in [0.1, 0.15) is 0 Å². The average Bonchev–Trinajstić information content (AvgIpc) is 3.22. The van der Waals surface area contributed by atoms with Gasteiger partial charge >= 0.3 is 5.97 Å². The number of aromatic amines is 1. The van der Waals surface area contributed by atoms with Crippen molar-refractivity contribution in [2.75, 3.05) is 18.0 Å². The van der Waals surface area contributed by atoms with E-state index in [2.05, 4.69) is 15.1 Å².